The van der Waals surface area contributed by atoms with Crippen molar-refractivity contribution in [2.45, 2.75) is 85.0 Å². The van der Waals surface area contributed by atoms with Gasteiger partial charge in [-0.05, 0) is 44.0 Å². The summed E-state index contributed by atoms with van der Waals surface area (Å²) in [5.41, 5.74) is 9.38. The van der Waals surface area contributed by atoms with Crippen molar-refractivity contribution >= 4 is 11.4 Å². The monoisotopic (exact) mass is 318 g/mol. The Morgan fingerprint density at radius 3 is 1.87 bits per heavy atom. The summed E-state index contributed by atoms with van der Waals surface area (Å²) < 4.78 is 0. The lowest BCUT2D eigenvalue weighted by atomic mass is 10.1. The van der Waals surface area contributed by atoms with E-state index in [1.54, 1.807) is 0 Å². The molecule has 2 N–H and O–H groups in total. The van der Waals surface area contributed by atoms with Crippen molar-refractivity contribution in [1.29, 1.82) is 0 Å². The summed E-state index contributed by atoms with van der Waals surface area (Å²) in [6, 6.07) is 6.39. The molecule has 0 saturated heterocycles. The second-order valence-electron chi connectivity index (χ2n) is 6.86. The maximum atomic E-state index is 5.98. The van der Waals surface area contributed by atoms with Gasteiger partial charge in [-0.2, -0.15) is 0 Å². The van der Waals surface area contributed by atoms with E-state index < -0.39 is 0 Å². The highest BCUT2D eigenvalue weighted by Crippen LogP contribution is 2.21. The molecule has 0 saturated carbocycles. The summed E-state index contributed by atoms with van der Waals surface area (Å²) >= 11 is 0. The standard InChI is InChI=1S/C21H38N2/c1-4-6-7-8-9-10-11-12-13-14-15-23(5-2)21-17-19(3)16-20(22)18-21/h16-18H,4-15,22H2,1-3H3. The van der Waals surface area contributed by atoms with Crippen LogP contribution in [0.25, 0.3) is 0 Å². The van der Waals surface area contributed by atoms with Crippen LogP contribution in [0, 0.1) is 6.92 Å². The first kappa shape index (κ1) is 19.9. The molecular weight excluding hydrogens is 280 g/mol. The molecule has 0 amide bonds. The largest absolute Gasteiger partial charge is 0.399 e. The van der Waals surface area contributed by atoms with Crippen molar-refractivity contribution in [2.24, 2.45) is 0 Å². The van der Waals surface area contributed by atoms with Gasteiger partial charge in [0, 0.05) is 24.5 Å². The number of unbranched alkanes of at least 4 members (excludes halogenated alkanes) is 9. The lowest BCUT2D eigenvalue weighted by molar-refractivity contribution is 0.555. The van der Waals surface area contributed by atoms with E-state index in [0.29, 0.717) is 0 Å². The van der Waals surface area contributed by atoms with Gasteiger partial charge in [0.25, 0.3) is 0 Å². The van der Waals surface area contributed by atoms with Crippen LogP contribution in [0.3, 0.4) is 0 Å². The van der Waals surface area contributed by atoms with Gasteiger partial charge < -0.3 is 10.6 Å². The molecule has 132 valence electrons. The molecule has 0 radical (unpaired) electrons. The Hall–Kier alpha value is -1.18. The predicted octanol–water partition coefficient (Wildman–Crippen LogP) is 6.32. The first-order valence-electron chi connectivity index (χ1n) is 9.79. The van der Waals surface area contributed by atoms with Crippen LogP contribution in [-0.2, 0) is 0 Å². The maximum Gasteiger partial charge on any atom is 0.0389 e. The summed E-state index contributed by atoms with van der Waals surface area (Å²) in [7, 11) is 0. The molecule has 0 unspecified atom stereocenters. The molecule has 0 heterocycles. The summed E-state index contributed by atoms with van der Waals surface area (Å²) in [4.78, 5) is 2.45. The number of nitrogens with two attached hydrogens (primary N) is 1. The van der Waals surface area contributed by atoms with Crippen molar-refractivity contribution < 1.29 is 0 Å². The second kappa shape index (κ2) is 12.3. The minimum atomic E-state index is 0.876. The van der Waals surface area contributed by atoms with Gasteiger partial charge in [0.1, 0.15) is 0 Å². The van der Waals surface area contributed by atoms with E-state index in [0.717, 1.165) is 18.8 Å². The fourth-order valence-corrected chi connectivity index (χ4v) is 3.23. The van der Waals surface area contributed by atoms with Crippen molar-refractivity contribution in [1.82, 2.24) is 0 Å². The third-order valence-electron chi connectivity index (χ3n) is 4.61. The van der Waals surface area contributed by atoms with E-state index >= 15 is 0 Å². The number of nitrogens with zero attached hydrogens (tertiary/aromatic N) is 1. The highest BCUT2D eigenvalue weighted by molar-refractivity contribution is 5.58. The van der Waals surface area contributed by atoms with Crippen molar-refractivity contribution in [2.75, 3.05) is 23.7 Å². The zero-order valence-electron chi connectivity index (χ0n) is 15.7. The minimum Gasteiger partial charge on any atom is -0.399 e. The Bertz CT molecular complexity index is 394. The van der Waals surface area contributed by atoms with Crippen LogP contribution in [-0.4, -0.2) is 13.1 Å². The first-order chi connectivity index (χ1) is 11.2. The smallest absolute Gasteiger partial charge is 0.0389 e. The molecule has 23 heavy (non-hydrogen) atoms. The van der Waals surface area contributed by atoms with Crippen LogP contribution in [0.5, 0.6) is 0 Å². The van der Waals surface area contributed by atoms with Crippen molar-refractivity contribution in [3.63, 3.8) is 0 Å². The molecule has 0 aliphatic rings. The number of anilines is 2. The molecule has 0 fully saturated rings. The second-order valence-corrected chi connectivity index (χ2v) is 6.86. The SMILES string of the molecule is CCCCCCCCCCCCN(CC)c1cc(C)cc(N)c1. The lowest BCUT2D eigenvalue weighted by Crippen LogP contribution is -2.24. The first-order valence-corrected chi connectivity index (χ1v) is 9.79. The van der Waals surface area contributed by atoms with E-state index in [9.17, 15) is 0 Å². The molecule has 0 bridgehead atoms. The molecule has 0 aromatic heterocycles. The van der Waals surface area contributed by atoms with Crippen LogP contribution < -0.4 is 10.6 Å². The molecule has 0 atom stereocenters. The Morgan fingerprint density at radius 1 is 0.783 bits per heavy atom. The summed E-state index contributed by atoms with van der Waals surface area (Å²) in [6.07, 6.45) is 13.9. The third kappa shape index (κ3) is 8.88. The number of rotatable bonds is 13. The lowest BCUT2D eigenvalue weighted by Gasteiger charge is -2.24. The number of hydrogen-bond acceptors (Lipinski definition) is 2. The zero-order chi connectivity index (χ0) is 16.9. The van der Waals surface area contributed by atoms with Crippen molar-refractivity contribution in [3.05, 3.63) is 23.8 Å². The predicted molar refractivity (Wildman–Crippen MR) is 105 cm³/mol. The van der Waals surface area contributed by atoms with E-state index in [4.69, 9.17) is 5.73 Å². The van der Waals surface area contributed by atoms with Gasteiger partial charge in [0.05, 0.1) is 0 Å². The van der Waals surface area contributed by atoms with Gasteiger partial charge in [-0.25, -0.2) is 0 Å². The topological polar surface area (TPSA) is 29.3 Å². The molecule has 0 aliphatic heterocycles. The van der Waals surface area contributed by atoms with Gasteiger partial charge in [-0.1, -0.05) is 64.7 Å². The zero-order valence-corrected chi connectivity index (χ0v) is 15.7. The molecule has 1 aromatic rings. The molecule has 2 nitrogen and oxygen atoms in total. The molecule has 0 spiro atoms. The summed E-state index contributed by atoms with van der Waals surface area (Å²) in [5, 5.41) is 0. The average Bonchev–Trinajstić information content (AvgIpc) is 2.52. The Labute approximate surface area is 144 Å². The number of hydrogen-bond donors (Lipinski definition) is 1. The maximum absolute atomic E-state index is 5.98. The Kier molecular flexibility index (Phi) is 10.6. The molecule has 1 rings (SSSR count). The summed E-state index contributed by atoms with van der Waals surface area (Å²) in [6.45, 7) is 8.84. The summed E-state index contributed by atoms with van der Waals surface area (Å²) in [5.74, 6) is 0. The fraction of sp³-hybridized carbons (Fsp3) is 0.714. The number of nitrogen functional groups attached to an aromatic ring is 1. The normalized spacial score (nSPS) is 10.9. The third-order valence-corrected chi connectivity index (χ3v) is 4.61. The number of benzene rings is 1. The minimum absolute atomic E-state index is 0.876. The van der Waals surface area contributed by atoms with E-state index in [2.05, 4.69) is 37.8 Å². The van der Waals surface area contributed by atoms with Crippen LogP contribution >= 0.6 is 0 Å². The van der Waals surface area contributed by atoms with Gasteiger partial charge in [-0.15, -0.1) is 0 Å². The highest BCUT2D eigenvalue weighted by Gasteiger charge is 2.05. The van der Waals surface area contributed by atoms with Gasteiger partial charge in [-0.3, -0.25) is 0 Å². The highest BCUT2D eigenvalue weighted by atomic mass is 15.1. The quantitative estimate of drug-likeness (QED) is 0.340. The molecule has 1 aromatic carbocycles. The van der Waals surface area contributed by atoms with Gasteiger partial charge in [0.15, 0.2) is 0 Å². The van der Waals surface area contributed by atoms with E-state index in [1.807, 2.05) is 6.07 Å². The fourth-order valence-electron chi connectivity index (χ4n) is 3.23. The molecule has 2 heteroatoms. The van der Waals surface area contributed by atoms with E-state index in [1.165, 1.54) is 75.5 Å². The average molecular weight is 319 g/mol. The van der Waals surface area contributed by atoms with Crippen LogP contribution in [0.1, 0.15) is 83.6 Å². The van der Waals surface area contributed by atoms with Crippen LogP contribution in [0.15, 0.2) is 18.2 Å². The Morgan fingerprint density at radius 2 is 1.35 bits per heavy atom. The van der Waals surface area contributed by atoms with Gasteiger partial charge >= 0.3 is 0 Å². The molecular formula is C21H38N2. The Balaban J connectivity index is 2.13. The number of aryl methyl sites for hydroxylation is 1. The van der Waals surface area contributed by atoms with Gasteiger partial charge in [0.2, 0.25) is 0 Å². The van der Waals surface area contributed by atoms with E-state index in [-0.39, 0.29) is 0 Å². The van der Waals surface area contributed by atoms with Crippen LogP contribution in [0.2, 0.25) is 0 Å². The molecule has 0 aliphatic carbocycles. The van der Waals surface area contributed by atoms with Crippen molar-refractivity contribution in [3.8, 4) is 0 Å². The van der Waals surface area contributed by atoms with Crippen LogP contribution in [0.4, 0.5) is 11.4 Å².